The lowest BCUT2D eigenvalue weighted by Crippen LogP contribution is -2.29. The molecule has 2 heteroatoms. The highest BCUT2D eigenvalue weighted by Gasteiger charge is 2.15. The Hall–Kier alpha value is -1.02. The van der Waals surface area contributed by atoms with Crippen LogP contribution >= 0.6 is 0 Å². The fraction of sp³-hybridized carbons (Fsp3) is 0.571. The molecule has 0 fully saturated rings. The molecular weight excluding hydrogens is 196 g/mol. The van der Waals surface area contributed by atoms with Gasteiger partial charge in [-0.25, -0.2) is 0 Å². The van der Waals surface area contributed by atoms with Gasteiger partial charge in [0.05, 0.1) is 0 Å². The Morgan fingerprint density at radius 1 is 1.12 bits per heavy atom. The molecule has 0 aliphatic heterocycles. The van der Waals surface area contributed by atoms with E-state index >= 15 is 0 Å². The molecule has 1 rings (SSSR count). The number of rotatable bonds is 6. The van der Waals surface area contributed by atoms with Gasteiger partial charge in [-0.1, -0.05) is 32.0 Å². The Bertz CT molecular complexity index is 303. The standard InChI is InChI=1S/C14H24N2/c1-4-10-16(11-5-2)12(3)13-8-6-7-9-14(13)15/h6-9,12H,4-5,10-11,15H2,1-3H3. The van der Waals surface area contributed by atoms with Crippen molar-refractivity contribution in [3.63, 3.8) is 0 Å². The van der Waals surface area contributed by atoms with Gasteiger partial charge in [-0.2, -0.15) is 0 Å². The molecule has 1 aromatic carbocycles. The lowest BCUT2D eigenvalue weighted by molar-refractivity contribution is 0.212. The predicted molar refractivity (Wildman–Crippen MR) is 71.4 cm³/mol. The van der Waals surface area contributed by atoms with Crippen molar-refractivity contribution < 1.29 is 0 Å². The van der Waals surface area contributed by atoms with Crippen LogP contribution in [0.1, 0.15) is 45.2 Å². The van der Waals surface area contributed by atoms with Crippen LogP contribution in [0.25, 0.3) is 0 Å². The van der Waals surface area contributed by atoms with Crippen LogP contribution in [-0.2, 0) is 0 Å². The number of benzene rings is 1. The van der Waals surface area contributed by atoms with Crippen LogP contribution in [0.2, 0.25) is 0 Å². The molecule has 0 saturated carbocycles. The molecule has 1 aromatic rings. The number of hydrogen-bond acceptors (Lipinski definition) is 2. The van der Waals surface area contributed by atoms with E-state index in [0.29, 0.717) is 6.04 Å². The summed E-state index contributed by atoms with van der Waals surface area (Å²) in [6.07, 6.45) is 2.38. The van der Waals surface area contributed by atoms with Crippen molar-refractivity contribution >= 4 is 5.69 Å². The van der Waals surface area contributed by atoms with Crippen molar-refractivity contribution in [1.29, 1.82) is 0 Å². The first-order valence-corrected chi connectivity index (χ1v) is 6.29. The van der Waals surface area contributed by atoms with Gasteiger partial charge in [-0.05, 0) is 44.5 Å². The first kappa shape index (κ1) is 13.0. The molecule has 0 saturated heterocycles. The highest BCUT2D eigenvalue weighted by atomic mass is 15.1. The summed E-state index contributed by atoms with van der Waals surface area (Å²) in [5, 5.41) is 0. The van der Waals surface area contributed by atoms with E-state index in [1.165, 1.54) is 18.4 Å². The second-order valence-corrected chi connectivity index (χ2v) is 4.34. The SMILES string of the molecule is CCCN(CCC)C(C)c1ccccc1N. The summed E-state index contributed by atoms with van der Waals surface area (Å²) in [6, 6.07) is 8.61. The third-order valence-electron chi connectivity index (χ3n) is 3.02. The van der Waals surface area contributed by atoms with Crippen LogP contribution in [0, 0.1) is 0 Å². The number of nitrogens with two attached hydrogens (primary N) is 1. The van der Waals surface area contributed by atoms with Gasteiger partial charge in [0, 0.05) is 11.7 Å². The summed E-state index contributed by atoms with van der Waals surface area (Å²) >= 11 is 0. The fourth-order valence-electron chi connectivity index (χ4n) is 2.16. The third-order valence-corrected chi connectivity index (χ3v) is 3.02. The molecule has 1 unspecified atom stereocenters. The summed E-state index contributed by atoms with van der Waals surface area (Å²) in [5.41, 5.74) is 8.19. The lowest BCUT2D eigenvalue weighted by Gasteiger charge is -2.29. The topological polar surface area (TPSA) is 29.3 Å². The summed E-state index contributed by atoms with van der Waals surface area (Å²) in [4.78, 5) is 2.51. The maximum atomic E-state index is 6.02. The molecule has 90 valence electrons. The van der Waals surface area contributed by atoms with E-state index in [9.17, 15) is 0 Å². The van der Waals surface area contributed by atoms with E-state index in [0.717, 1.165) is 18.8 Å². The summed E-state index contributed by atoms with van der Waals surface area (Å²) in [6.45, 7) is 8.98. The number of nitrogens with zero attached hydrogens (tertiary/aromatic N) is 1. The van der Waals surface area contributed by atoms with Gasteiger partial charge in [0.25, 0.3) is 0 Å². The molecule has 0 aliphatic carbocycles. The molecule has 2 N–H and O–H groups in total. The smallest absolute Gasteiger partial charge is 0.0362 e. The van der Waals surface area contributed by atoms with Crippen molar-refractivity contribution in [2.75, 3.05) is 18.8 Å². The van der Waals surface area contributed by atoms with Crippen LogP contribution < -0.4 is 5.73 Å². The molecule has 0 radical (unpaired) electrons. The van der Waals surface area contributed by atoms with Gasteiger partial charge in [-0.15, -0.1) is 0 Å². The van der Waals surface area contributed by atoms with E-state index < -0.39 is 0 Å². The van der Waals surface area contributed by atoms with Gasteiger partial charge >= 0.3 is 0 Å². The minimum atomic E-state index is 0.418. The van der Waals surface area contributed by atoms with Gasteiger partial charge in [0.15, 0.2) is 0 Å². The summed E-state index contributed by atoms with van der Waals surface area (Å²) < 4.78 is 0. The van der Waals surface area contributed by atoms with Gasteiger partial charge in [-0.3, -0.25) is 4.90 Å². The average Bonchev–Trinajstić information content (AvgIpc) is 2.28. The number of anilines is 1. The molecule has 1 atom stereocenters. The molecule has 2 nitrogen and oxygen atoms in total. The number of hydrogen-bond donors (Lipinski definition) is 1. The van der Waals surface area contributed by atoms with Gasteiger partial charge in [0.2, 0.25) is 0 Å². The van der Waals surface area contributed by atoms with E-state index in [2.05, 4.69) is 37.8 Å². The third kappa shape index (κ3) is 3.24. The largest absolute Gasteiger partial charge is 0.398 e. The maximum Gasteiger partial charge on any atom is 0.0362 e. The monoisotopic (exact) mass is 220 g/mol. The number of nitrogen functional groups attached to an aromatic ring is 1. The highest BCUT2D eigenvalue weighted by molar-refractivity contribution is 5.47. The molecule has 0 aliphatic rings. The van der Waals surface area contributed by atoms with Gasteiger partial charge in [0.1, 0.15) is 0 Å². The Kier molecular flexibility index (Phi) is 5.33. The second kappa shape index (κ2) is 6.54. The molecular formula is C14H24N2. The second-order valence-electron chi connectivity index (χ2n) is 4.34. The maximum absolute atomic E-state index is 6.02. The molecule has 16 heavy (non-hydrogen) atoms. The molecule has 0 bridgehead atoms. The van der Waals surface area contributed by atoms with Gasteiger partial charge < -0.3 is 5.73 Å². The first-order valence-electron chi connectivity index (χ1n) is 6.29. The van der Waals surface area contributed by atoms with Crippen molar-refractivity contribution in [2.45, 2.75) is 39.7 Å². The quantitative estimate of drug-likeness (QED) is 0.744. The van der Waals surface area contributed by atoms with E-state index in [1.807, 2.05) is 12.1 Å². The van der Waals surface area contributed by atoms with Crippen LogP contribution in [0.3, 0.4) is 0 Å². The van der Waals surface area contributed by atoms with Crippen LogP contribution in [0.4, 0.5) is 5.69 Å². The Labute approximate surface area is 99.5 Å². The Morgan fingerprint density at radius 2 is 1.69 bits per heavy atom. The van der Waals surface area contributed by atoms with Crippen molar-refractivity contribution in [1.82, 2.24) is 4.90 Å². The van der Waals surface area contributed by atoms with E-state index in [4.69, 9.17) is 5.73 Å². The Morgan fingerprint density at radius 3 is 2.19 bits per heavy atom. The normalized spacial score (nSPS) is 13.0. The van der Waals surface area contributed by atoms with Crippen molar-refractivity contribution in [3.8, 4) is 0 Å². The fourth-order valence-corrected chi connectivity index (χ4v) is 2.16. The minimum absolute atomic E-state index is 0.418. The van der Waals surface area contributed by atoms with Crippen molar-refractivity contribution in [2.24, 2.45) is 0 Å². The zero-order valence-electron chi connectivity index (χ0n) is 10.7. The number of para-hydroxylation sites is 1. The molecule has 0 heterocycles. The molecule has 0 amide bonds. The lowest BCUT2D eigenvalue weighted by atomic mass is 10.0. The predicted octanol–water partition coefficient (Wildman–Crippen LogP) is 3.45. The minimum Gasteiger partial charge on any atom is -0.398 e. The van der Waals surface area contributed by atoms with E-state index in [1.54, 1.807) is 0 Å². The highest BCUT2D eigenvalue weighted by Crippen LogP contribution is 2.25. The molecule has 0 spiro atoms. The van der Waals surface area contributed by atoms with Crippen LogP contribution in [0.15, 0.2) is 24.3 Å². The van der Waals surface area contributed by atoms with E-state index in [-0.39, 0.29) is 0 Å². The van der Waals surface area contributed by atoms with Crippen LogP contribution in [0.5, 0.6) is 0 Å². The first-order chi connectivity index (χ1) is 7.70. The van der Waals surface area contributed by atoms with Crippen molar-refractivity contribution in [3.05, 3.63) is 29.8 Å². The Balaban J connectivity index is 2.81. The zero-order chi connectivity index (χ0) is 12.0. The zero-order valence-corrected chi connectivity index (χ0v) is 10.7. The average molecular weight is 220 g/mol. The summed E-state index contributed by atoms with van der Waals surface area (Å²) in [5.74, 6) is 0. The molecule has 0 aromatic heterocycles. The summed E-state index contributed by atoms with van der Waals surface area (Å²) in [7, 11) is 0. The van der Waals surface area contributed by atoms with Crippen LogP contribution in [-0.4, -0.2) is 18.0 Å².